The average molecular weight is 355 g/mol. The van der Waals surface area contributed by atoms with E-state index in [1.807, 2.05) is 30.3 Å². The van der Waals surface area contributed by atoms with E-state index in [1.54, 1.807) is 0 Å². The number of benzene rings is 1. The van der Waals surface area contributed by atoms with Gasteiger partial charge in [0.15, 0.2) is 0 Å². The second-order valence-electron chi connectivity index (χ2n) is 7.20. The summed E-state index contributed by atoms with van der Waals surface area (Å²) in [5, 5.41) is 0. The predicted octanol–water partition coefficient (Wildman–Crippen LogP) is 2.59. The Kier molecular flexibility index (Phi) is 6.09. The van der Waals surface area contributed by atoms with Gasteiger partial charge in [0.25, 0.3) is 11.8 Å². The van der Waals surface area contributed by atoms with Gasteiger partial charge in [0.2, 0.25) is 0 Å². The fourth-order valence-electron chi connectivity index (χ4n) is 3.65. The van der Waals surface area contributed by atoms with Crippen LogP contribution in [0.3, 0.4) is 0 Å². The molecule has 0 radical (unpaired) electrons. The number of hydrogen-bond acceptors (Lipinski definition) is 4. The topological polar surface area (TPSA) is 43.9 Å². The second kappa shape index (κ2) is 8.49. The molecule has 0 bridgehead atoms. The molecule has 1 fully saturated rings. The Hall–Kier alpha value is -2.14. The van der Waals surface area contributed by atoms with Crippen LogP contribution in [0.15, 0.2) is 36.0 Å². The monoisotopic (exact) mass is 355 g/mol. The number of hydrogen-bond donors (Lipinski definition) is 0. The summed E-state index contributed by atoms with van der Waals surface area (Å²) in [6.45, 7) is 6.06. The molecule has 0 unspecified atom stereocenters. The van der Waals surface area contributed by atoms with Gasteiger partial charge in [0.05, 0.1) is 5.57 Å². The SMILES string of the molecule is CCCCCCN1C(=O)C(c2ccccc2)=C(N2CCN(C)CC2)C1=O. The molecule has 0 saturated carbocycles. The van der Waals surface area contributed by atoms with Gasteiger partial charge in [0.1, 0.15) is 5.70 Å². The summed E-state index contributed by atoms with van der Waals surface area (Å²) in [6.07, 6.45) is 4.21. The smallest absolute Gasteiger partial charge is 0.277 e. The normalized spacial score (nSPS) is 19.0. The standard InChI is InChI=1S/C21H29N3O2/c1-3-4-5-9-12-24-20(25)18(17-10-7-6-8-11-17)19(21(24)26)23-15-13-22(2)14-16-23/h6-8,10-11H,3-5,9,12-16H2,1-2H3. The lowest BCUT2D eigenvalue weighted by Crippen LogP contribution is -2.46. The molecule has 26 heavy (non-hydrogen) atoms. The van der Waals surface area contributed by atoms with Crippen molar-refractivity contribution in [2.45, 2.75) is 32.6 Å². The van der Waals surface area contributed by atoms with Crippen molar-refractivity contribution >= 4 is 17.4 Å². The molecular weight excluding hydrogens is 326 g/mol. The zero-order chi connectivity index (χ0) is 18.5. The number of carbonyl (C=O) groups is 2. The molecule has 0 aliphatic carbocycles. The number of unbranched alkanes of at least 4 members (excludes halogenated alkanes) is 3. The Balaban J connectivity index is 1.87. The Labute approximate surface area is 156 Å². The number of rotatable bonds is 7. The maximum atomic E-state index is 13.1. The van der Waals surface area contributed by atoms with Gasteiger partial charge in [-0.25, -0.2) is 0 Å². The van der Waals surface area contributed by atoms with E-state index in [4.69, 9.17) is 0 Å². The van der Waals surface area contributed by atoms with Gasteiger partial charge < -0.3 is 9.80 Å². The van der Waals surface area contributed by atoms with Gasteiger partial charge in [0, 0.05) is 32.7 Å². The van der Waals surface area contributed by atoms with Crippen LogP contribution in [0.5, 0.6) is 0 Å². The Morgan fingerprint density at radius 2 is 1.58 bits per heavy atom. The van der Waals surface area contributed by atoms with Crippen LogP contribution in [0.25, 0.3) is 5.57 Å². The van der Waals surface area contributed by atoms with Crippen molar-refractivity contribution in [3.05, 3.63) is 41.6 Å². The second-order valence-corrected chi connectivity index (χ2v) is 7.20. The van der Waals surface area contributed by atoms with Crippen LogP contribution in [0.1, 0.15) is 38.2 Å². The van der Waals surface area contributed by atoms with Gasteiger partial charge in [-0.2, -0.15) is 0 Å². The lowest BCUT2D eigenvalue weighted by molar-refractivity contribution is -0.137. The van der Waals surface area contributed by atoms with Crippen molar-refractivity contribution in [3.63, 3.8) is 0 Å². The first-order valence-electron chi connectivity index (χ1n) is 9.73. The third kappa shape index (κ3) is 3.83. The van der Waals surface area contributed by atoms with E-state index >= 15 is 0 Å². The zero-order valence-electron chi connectivity index (χ0n) is 15.9. The maximum absolute atomic E-state index is 13.1. The van der Waals surface area contributed by atoms with E-state index in [0.717, 1.165) is 57.4 Å². The largest absolute Gasteiger partial charge is 0.364 e. The van der Waals surface area contributed by atoms with Crippen molar-refractivity contribution in [3.8, 4) is 0 Å². The quantitative estimate of drug-likeness (QED) is 0.557. The number of piperazine rings is 1. The van der Waals surface area contributed by atoms with E-state index in [9.17, 15) is 9.59 Å². The molecule has 2 amide bonds. The first-order chi connectivity index (χ1) is 12.6. The third-order valence-corrected chi connectivity index (χ3v) is 5.26. The Morgan fingerprint density at radius 3 is 2.23 bits per heavy atom. The third-order valence-electron chi connectivity index (χ3n) is 5.26. The highest BCUT2D eigenvalue weighted by atomic mass is 16.2. The fourth-order valence-corrected chi connectivity index (χ4v) is 3.65. The first kappa shape index (κ1) is 18.6. The highest BCUT2D eigenvalue weighted by molar-refractivity contribution is 6.35. The molecule has 0 N–H and O–H groups in total. The van der Waals surface area contributed by atoms with E-state index in [2.05, 4.69) is 23.8 Å². The summed E-state index contributed by atoms with van der Waals surface area (Å²) in [5.41, 5.74) is 2.02. The molecule has 1 saturated heterocycles. The number of nitrogens with zero attached hydrogens (tertiary/aromatic N) is 3. The lowest BCUT2D eigenvalue weighted by atomic mass is 10.0. The summed E-state index contributed by atoms with van der Waals surface area (Å²) in [4.78, 5) is 32.1. The van der Waals surface area contributed by atoms with Crippen LogP contribution >= 0.6 is 0 Å². The van der Waals surface area contributed by atoms with Crippen LogP contribution in [-0.2, 0) is 9.59 Å². The van der Waals surface area contributed by atoms with E-state index < -0.39 is 0 Å². The minimum Gasteiger partial charge on any atom is -0.364 e. The number of imide groups is 1. The minimum absolute atomic E-state index is 0.116. The minimum atomic E-state index is -0.133. The highest BCUT2D eigenvalue weighted by Gasteiger charge is 2.41. The van der Waals surface area contributed by atoms with Crippen molar-refractivity contribution < 1.29 is 9.59 Å². The van der Waals surface area contributed by atoms with Crippen molar-refractivity contribution in [2.75, 3.05) is 39.8 Å². The molecular formula is C21H29N3O2. The lowest BCUT2D eigenvalue weighted by Gasteiger charge is -2.34. The number of amides is 2. The molecule has 2 heterocycles. The molecule has 0 aromatic heterocycles. The molecule has 2 aliphatic rings. The van der Waals surface area contributed by atoms with Crippen LogP contribution < -0.4 is 0 Å². The summed E-state index contributed by atoms with van der Waals surface area (Å²) in [7, 11) is 2.09. The molecule has 2 aliphatic heterocycles. The van der Waals surface area contributed by atoms with Crippen molar-refractivity contribution in [1.29, 1.82) is 0 Å². The van der Waals surface area contributed by atoms with Crippen LogP contribution in [0.4, 0.5) is 0 Å². The van der Waals surface area contributed by atoms with Gasteiger partial charge >= 0.3 is 0 Å². The van der Waals surface area contributed by atoms with Gasteiger partial charge in [-0.05, 0) is 19.0 Å². The average Bonchev–Trinajstić information content (AvgIpc) is 2.91. The fraction of sp³-hybridized carbons (Fsp3) is 0.524. The molecule has 1 aromatic carbocycles. The first-order valence-corrected chi connectivity index (χ1v) is 9.73. The molecule has 5 heteroatoms. The molecule has 0 atom stereocenters. The number of carbonyl (C=O) groups excluding carboxylic acids is 2. The molecule has 1 aromatic rings. The zero-order valence-corrected chi connectivity index (χ0v) is 15.9. The van der Waals surface area contributed by atoms with Gasteiger partial charge in [-0.3, -0.25) is 14.5 Å². The van der Waals surface area contributed by atoms with Crippen LogP contribution in [0.2, 0.25) is 0 Å². The van der Waals surface area contributed by atoms with Gasteiger partial charge in [-0.1, -0.05) is 56.5 Å². The van der Waals surface area contributed by atoms with Crippen LogP contribution in [-0.4, -0.2) is 66.3 Å². The van der Waals surface area contributed by atoms with Crippen molar-refractivity contribution in [2.24, 2.45) is 0 Å². The highest BCUT2D eigenvalue weighted by Crippen LogP contribution is 2.32. The summed E-state index contributed by atoms with van der Waals surface area (Å²) < 4.78 is 0. The van der Waals surface area contributed by atoms with Crippen LogP contribution in [0, 0.1) is 0 Å². The van der Waals surface area contributed by atoms with Crippen molar-refractivity contribution in [1.82, 2.24) is 14.7 Å². The molecule has 3 rings (SSSR count). The summed E-state index contributed by atoms with van der Waals surface area (Å²) in [5.74, 6) is -0.249. The molecule has 5 nitrogen and oxygen atoms in total. The van der Waals surface area contributed by atoms with E-state index in [0.29, 0.717) is 17.8 Å². The summed E-state index contributed by atoms with van der Waals surface area (Å²) in [6, 6.07) is 9.63. The molecule has 0 spiro atoms. The summed E-state index contributed by atoms with van der Waals surface area (Å²) >= 11 is 0. The predicted molar refractivity (Wildman–Crippen MR) is 103 cm³/mol. The van der Waals surface area contributed by atoms with Gasteiger partial charge in [-0.15, -0.1) is 0 Å². The maximum Gasteiger partial charge on any atom is 0.277 e. The number of likely N-dealkylation sites (N-methyl/N-ethyl adjacent to an activating group) is 1. The van der Waals surface area contributed by atoms with E-state index in [-0.39, 0.29) is 11.8 Å². The Bertz CT molecular complexity index is 676. The Morgan fingerprint density at radius 1 is 0.885 bits per heavy atom. The van der Waals surface area contributed by atoms with E-state index in [1.165, 1.54) is 4.90 Å². The molecule has 140 valence electrons.